The molecule has 0 aliphatic carbocycles. The molecule has 0 fully saturated rings. The third-order valence-corrected chi connectivity index (χ3v) is 7.88. The molecule has 0 nitrogen and oxygen atoms in total. The van der Waals surface area contributed by atoms with Gasteiger partial charge in [-0.1, -0.05) is 108 Å². The predicted octanol–water partition coefficient (Wildman–Crippen LogP) is 8.65. The lowest BCUT2D eigenvalue weighted by Gasteiger charge is -2.30. The Labute approximate surface area is 155 Å². The van der Waals surface area contributed by atoms with Crippen LogP contribution < -0.4 is 0 Å². The summed E-state index contributed by atoms with van der Waals surface area (Å²) < 4.78 is 40.8. The molecule has 0 rings (SSSR count). The summed E-state index contributed by atoms with van der Waals surface area (Å²) in [6.07, 6.45) is 5.81. The molecule has 0 N–H and O–H groups in total. The number of rotatable bonds is 13. The molecule has 5 heteroatoms. The average molecular weight is 387 g/mol. The first-order valence-corrected chi connectivity index (χ1v) is 11.7. The fourth-order valence-electron chi connectivity index (χ4n) is 2.71. The Balaban J connectivity index is 4.80. The fraction of sp³-hybridized carbons (Fsp3) is 1.00. The topological polar surface area (TPSA) is 0 Å². The summed E-state index contributed by atoms with van der Waals surface area (Å²) in [6.45, 7) is 10.2. The van der Waals surface area contributed by atoms with Gasteiger partial charge in [0.2, 0.25) is 0 Å². The first-order chi connectivity index (χ1) is 11.1. The maximum absolute atomic E-state index is 13.7. The van der Waals surface area contributed by atoms with E-state index >= 15 is 0 Å². The number of alkyl halides is 3. The fourth-order valence-corrected chi connectivity index (χ4v) is 5.62. The maximum atomic E-state index is 13.7. The second-order valence-electron chi connectivity index (χ2n) is 7.71. The van der Waals surface area contributed by atoms with Gasteiger partial charge in [-0.3, -0.25) is 0 Å². The molecule has 0 radical (unpaired) electrons. The van der Waals surface area contributed by atoms with Crippen LogP contribution in [0.4, 0.5) is 13.2 Å². The van der Waals surface area contributed by atoms with Gasteiger partial charge in [-0.2, -0.15) is 13.2 Å². The monoisotopic (exact) mass is 386 g/mol. The highest BCUT2D eigenvalue weighted by atomic mass is 33.1. The number of hydrogen-bond donors (Lipinski definition) is 0. The van der Waals surface area contributed by atoms with Crippen LogP contribution in [0.2, 0.25) is 0 Å². The van der Waals surface area contributed by atoms with E-state index in [9.17, 15) is 13.2 Å². The first kappa shape index (κ1) is 24.5. The summed E-state index contributed by atoms with van der Waals surface area (Å²) in [5.41, 5.74) is 0. The van der Waals surface area contributed by atoms with Crippen LogP contribution in [0.5, 0.6) is 0 Å². The highest BCUT2D eigenvalue weighted by molar-refractivity contribution is 8.77. The van der Waals surface area contributed by atoms with Crippen molar-refractivity contribution in [1.29, 1.82) is 0 Å². The van der Waals surface area contributed by atoms with Gasteiger partial charge >= 0.3 is 6.18 Å². The molecule has 0 saturated carbocycles. The van der Waals surface area contributed by atoms with Crippen molar-refractivity contribution in [2.24, 2.45) is 5.92 Å². The molecule has 0 aromatic carbocycles. The molecule has 0 amide bonds. The van der Waals surface area contributed by atoms with Gasteiger partial charge in [0.1, 0.15) is 5.25 Å². The number of hydrogen-bond acceptors (Lipinski definition) is 2. The molecular formula is C19H37F3S2. The van der Waals surface area contributed by atoms with Crippen LogP contribution in [0.3, 0.4) is 0 Å². The van der Waals surface area contributed by atoms with E-state index in [1.54, 1.807) is 0 Å². The van der Waals surface area contributed by atoms with Crippen molar-refractivity contribution < 1.29 is 13.2 Å². The molecular weight excluding hydrogens is 349 g/mol. The SMILES string of the molecule is CCCCCCC(CCCCCC)C(SSC(C)(C)C)C(F)(F)F. The zero-order valence-electron chi connectivity index (χ0n) is 16.2. The van der Waals surface area contributed by atoms with Crippen LogP contribution in [0, 0.1) is 5.92 Å². The second-order valence-corrected chi connectivity index (χ2v) is 10.9. The smallest absolute Gasteiger partial charge is 0.170 e. The summed E-state index contributed by atoms with van der Waals surface area (Å²) in [5.74, 6) is -0.237. The van der Waals surface area contributed by atoms with E-state index in [4.69, 9.17) is 0 Å². The molecule has 1 unspecified atom stereocenters. The average Bonchev–Trinajstić information content (AvgIpc) is 2.44. The molecule has 0 aliphatic heterocycles. The number of halogens is 3. The normalized spacial score (nSPS) is 14.4. The minimum Gasteiger partial charge on any atom is -0.170 e. The van der Waals surface area contributed by atoms with Gasteiger partial charge in [-0.15, -0.1) is 0 Å². The van der Waals surface area contributed by atoms with Crippen molar-refractivity contribution in [1.82, 2.24) is 0 Å². The largest absolute Gasteiger partial charge is 0.401 e. The van der Waals surface area contributed by atoms with Crippen LogP contribution in [0.15, 0.2) is 0 Å². The Bertz CT molecular complexity index is 286. The van der Waals surface area contributed by atoms with Crippen molar-refractivity contribution in [3.05, 3.63) is 0 Å². The van der Waals surface area contributed by atoms with Crippen LogP contribution in [-0.2, 0) is 0 Å². The first-order valence-electron chi connectivity index (χ1n) is 9.53. The van der Waals surface area contributed by atoms with Gasteiger partial charge in [0.05, 0.1) is 0 Å². The summed E-state index contributed by atoms with van der Waals surface area (Å²) in [4.78, 5) is 0. The van der Waals surface area contributed by atoms with Gasteiger partial charge in [-0.05, 0) is 18.8 Å². The van der Waals surface area contributed by atoms with Crippen LogP contribution in [-0.4, -0.2) is 16.2 Å². The Morgan fingerprint density at radius 3 is 1.54 bits per heavy atom. The molecule has 0 bridgehead atoms. The minimum atomic E-state index is -4.11. The Morgan fingerprint density at radius 2 is 1.21 bits per heavy atom. The standard InChI is InChI=1S/C19H37F3S2/c1-6-8-10-12-14-16(15-13-11-9-7-2)17(19(20,21)22)23-24-18(3,4)5/h16-17H,6-15H2,1-5H3. The molecule has 0 aromatic heterocycles. The quantitative estimate of drug-likeness (QED) is 0.229. The molecule has 0 saturated heterocycles. The Morgan fingerprint density at radius 1 is 0.750 bits per heavy atom. The molecule has 1 atom stereocenters. The van der Waals surface area contributed by atoms with E-state index in [1.807, 2.05) is 20.8 Å². The van der Waals surface area contributed by atoms with Crippen LogP contribution >= 0.6 is 21.6 Å². The molecule has 0 aliphatic rings. The van der Waals surface area contributed by atoms with Gasteiger partial charge < -0.3 is 0 Å². The van der Waals surface area contributed by atoms with E-state index < -0.39 is 11.4 Å². The maximum Gasteiger partial charge on any atom is 0.401 e. The van der Waals surface area contributed by atoms with Gasteiger partial charge in [0.15, 0.2) is 0 Å². The zero-order chi connectivity index (χ0) is 18.6. The lowest BCUT2D eigenvalue weighted by Crippen LogP contribution is -2.33. The number of unbranched alkanes of at least 4 members (excludes halogenated alkanes) is 6. The predicted molar refractivity (Wildman–Crippen MR) is 106 cm³/mol. The van der Waals surface area contributed by atoms with Crippen molar-refractivity contribution in [3.63, 3.8) is 0 Å². The minimum absolute atomic E-state index is 0.150. The molecule has 0 heterocycles. The van der Waals surface area contributed by atoms with Crippen molar-refractivity contribution in [3.8, 4) is 0 Å². The van der Waals surface area contributed by atoms with E-state index in [-0.39, 0.29) is 10.7 Å². The third kappa shape index (κ3) is 12.8. The lowest BCUT2D eigenvalue weighted by molar-refractivity contribution is -0.138. The molecule has 0 aromatic rings. The highest BCUT2D eigenvalue weighted by Gasteiger charge is 2.45. The van der Waals surface area contributed by atoms with Crippen molar-refractivity contribution >= 4 is 21.6 Å². The van der Waals surface area contributed by atoms with Gasteiger partial charge in [-0.25, -0.2) is 0 Å². The van der Waals surface area contributed by atoms with Gasteiger partial charge in [0.25, 0.3) is 0 Å². The molecule has 0 spiro atoms. The highest BCUT2D eigenvalue weighted by Crippen LogP contribution is 2.48. The van der Waals surface area contributed by atoms with E-state index in [0.717, 1.165) is 62.2 Å². The zero-order valence-corrected chi connectivity index (χ0v) is 17.8. The van der Waals surface area contributed by atoms with Crippen LogP contribution in [0.25, 0.3) is 0 Å². The van der Waals surface area contributed by atoms with E-state index in [0.29, 0.717) is 12.8 Å². The summed E-state index contributed by atoms with van der Waals surface area (Å²) >= 11 is 0. The van der Waals surface area contributed by atoms with Crippen molar-refractivity contribution in [2.75, 3.05) is 0 Å². The van der Waals surface area contributed by atoms with E-state index in [2.05, 4.69) is 13.8 Å². The Kier molecular flexibility index (Phi) is 13.0. The Hall–Kier alpha value is 0.490. The summed E-state index contributed by atoms with van der Waals surface area (Å²) in [7, 11) is 2.44. The van der Waals surface area contributed by atoms with Gasteiger partial charge in [0, 0.05) is 4.75 Å². The second kappa shape index (κ2) is 12.8. The lowest BCUT2D eigenvalue weighted by atomic mass is 9.91. The third-order valence-electron chi connectivity index (χ3n) is 4.01. The summed E-state index contributed by atoms with van der Waals surface area (Å²) in [5, 5.41) is -1.23. The summed E-state index contributed by atoms with van der Waals surface area (Å²) in [6, 6.07) is 0. The molecule has 146 valence electrons. The molecule has 24 heavy (non-hydrogen) atoms. The van der Waals surface area contributed by atoms with Crippen molar-refractivity contribution in [2.45, 2.75) is 115 Å². The van der Waals surface area contributed by atoms with E-state index in [1.165, 1.54) is 10.8 Å². The van der Waals surface area contributed by atoms with Crippen LogP contribution in [0.1, 0.15) is 98.8 Å².